The zero-order valence-corrected chi connectivity index (χ0v) is 9.54. The first-order chi connectivity index (χ1) is 7.26. The minimum absolute atomic E-state index is 0.123. The Labute approximate surface area is 94.4 Å². The first-order valence-electron chi connectivity index (χ1n) is 4.82. The SMILES string of the molecule is COCCN(CCO)Cc1ccc(Cl)o1. The van der Waals surface area contributed by atoms with Crippen molar-refractivity contribution in [3.63, 3.8) is 0 Å². The fourth-order valence-electron chi connectivity index (χ4n) is 1.29. The number of ether oxygens (including phenoxy) is 1. The zero-order chi connectivity index (χ0) is 11.1. The summed E-state index contributed by atoms with van der Waals surface area (Å²) in [6.07, 6.45) is 0. The van der Waals surface area contributed by atoms with E-state index in [-0.39, 0.29) is 6.61 Å². The summed E-state index contributed by atoms with van der Waals surface area (Å²) in [7, 11) is 1.65. The van der Waals surface area contributed by atoms with Crippen LogP contribution in [0.2, 0.25) is 5.22 Å². The third kappa shape index (κ3) is 4.66. The van der Waals surface area contributed by atoms with Crippen LogP contribution in [0.3, 0.4) is 0 Å². The molecule has 0 atom stereocenters. The number of halogens is 1. The topological polar surface area (TPSA) is 45.8 Å². The first kappa shape index (κ1) is 12.5. The van der Waals surface area contributed by atoms with Gasteiger partial charge in [-0.3, -0.25) is 4.90 Å². The van der Waals surface area contributed by atoms with Crippen LogP contribution in [-0.4, -0.2) is 43.4 Å². The molecule has 0 unspecified atom stereocenters. The molecule has 0 aliphatic rings. The number of furan rings is 1. The lowest BCUT2D eigenvalue weighted by molar-refractivity contribution is 0.122. The molecule has 0 radical (unpaired) electrons. The van der Waals surface area contributed by atoms with Gasteiger partial charge in [-0.1, -0.05) is 0 Å². The van der Waals surface area contributed by atoms with E-state index < -0.39 is 0 Å². The Bertz CT molecular complexity index is 277. The van der Waals surface area contributed by atoms with Gasteiger partial charge in [-0.05, 0) is 23.7 Å². The molecular formula is C10H16ClNO3. The molecule has 0 fully saturated rings. The van der Waals surface area contributed by atoms with E-state index in [1.54, 1.807) is 13.2 Å². The zero-order valence-electron chi connectivity index (χ0n) is 8.78. The Morgan fingerprint density at radius 3 is 2.80 bits per heavy atom. The van der Waals surface area contributed by atoms with Crippen LogP contribution in [-0.2, 0) is 11.3 Å². The quantitative estimate of drug-likeness (QED) is 0.773. The molecule has 15 heavy (non-hydrogen) atoms. The normalized spacial score (nSPS) is 11.2. The smallest absolute Gasteiger partial charge is 0.193 e. The molecule has 0 aliphatic carbocycles. The second-order valence-corrected chi connectivity index (χ2v) is 3.57. The summed E-state index contributed by atoms with van der Waals surface area (Å²) in [6.45, 7) is 2.75. The average molecular weight is 234 g/mol. The van der Waals surface area contributed by atoms with Crippen molar-refractivity contribution in [1.29, 1.82) is 0 Å². The molecule has 4 nitrogen and oxygen atoms in total. The van der Waals surface area contributed by atoms with Gasteiger partial charge in [0.1, 0.15) is 5.76 Å². The van der Waals surface area contributed by atoms with Crippen LogP contribution in [0.1, 0.15) is 5.76 Å². The van der Waals surface area contributed by atoms with Crippen LogP contribution in [0.5, 0.6) is 0 Å². The Hall–Kier alpha value is -0.550. The van der Waals surface area contributed by atoms with Crippen molar-refractivity contribution in [2.45, 2.75) is 6.54 Å². The summed E-state index contributed by atoms with van der Waals surface area (Å²) < 4.78 is 10.2. The number of hydrogen-bond acceptors (Lipinski definition) is 4. The molecule has 1 aromatic heterocycles. The molecule has 1 aromatic rings. The van der Waals surface area contributed by atoms with Gasteiger partial charge in [0, 0.05) is 20.2 Å². The third-order valence-corrected chi connectivity index (χ3v) is 2.24. The van der Waals surface area contributed by atoms with Gasteiger partial charge in [0.15, 0.2) is 5.22 Å². The van der Waals surface area contributed by atoms with Gasteiger partial charge in [-0.15, -0.1) is 0 Å². The van der Waals surface area contributed by atoms with E-state index in [1.165, 1.54) is 0 Å². The molecule has 1 rings (SSSR count). The Kier molecular flexibility index (Phi) is 5.71. The van der Waals surface area contributed by atoms with Crippen LogP contribution in [0, 0.1) is 0 Å². The monoisotopic (exact) mass is 233 g/mol. The molecular weight excluding hydrogens is 218 g/mol. The number of rotatable bonds is 7. The van der Waals surface area contributed by atoms with Crippen LogP contribution in [0.25, 0.3) is 0 Å². The van der Waals surface area contributed by atoms with E-state index in [2.05, 4.69) is 0 Å². The average Bonchev–Trinajstić information content (AvgIpc) is 2.61. The number of aliphatic hydroxyl groups is 1. The van der Waals surface area contributed by atoms with E-state index >= 15 is 0 Å². The highest BCUT2D eigenvalue weighted by atomic mass is 35.5. The van der Waals surface area contributed by atoms with Crippen LogP contribution in [0.15, 0.2) is 16.5 Å². The highest BCUT2D eigenvalue weighted by molar-refractivity contribution is 6.28. The molecule has 86 valence electrons. The molecule has 0 bridgehead atoms. The predicted molar refractivity (Wildman–Crippen MR) is 58.0 cm³/mol. The van der Waals surface area contributed by atoms with Crippen molar-refractivity contribution in [3.05, 3.63) is 23.1 Å². The van der Waals surface area contributed by atoms with Gasteiger partial charge < -0.3 is 14.3 Å². The lowest BCUT2D eigenvalue weighted by Crippen LogP contribution is -2.29. The number of aliphatic hydroxyl groups excluding tert-OH is 1. The van der Waals surface area contributed by atoms with E-state index in [0.717, 1.165) is 12.3 Å². The number of hydrogen-bond donors (Lipinski definition) is 1. The minimum Gasteiger partial charge on any atom is -0.448 e. The summed E-state index contributed by atoms with van der Waals surface area (Å²) in [4.78, 5) is 2.04. The fraction of sp³-hybridized carbons (Fsp3) is 0.600. The fourth-order valence-corrected chi connectivity index (χ4v) is 1.45. The van der Waals surface area contributed by atoms with E-state index in [0.29, 0.717) is 24.9 Å². The summed E-state index contributed by atoms with van der Waals surface area (Å²) in [5.74, 6) is 0.796. The Morgan fingerprint density at radius 2 is 2.27 bits per heavy atom. The molecule has 0 spiro atoms. The molecule has 0 aromatic carbocycles. The van der Waals surface area contributed by atoms with E-state index in [9.17, 15) is 0 Å². The molecule has 0 amide bonds. The Balaban J connectivity index is 2.42. The maximum atomic E-state index is 8.88. The minimum atomic E-state index is 0.123. The van der Waals surface area contributed by atoms with Crippen molar-refractivity contribution < 1.29 is 14.3 Å². The lowest BCUT2D eigenvalue weighted by atomic mass is 10.4. The second-order valence-electron chi connectivity index (χ2n) is 3.20. The molecule has 0 saturated heterocycles. The van der Waals surface area contributed by atoms with Crippen LogP contribution < -0.4 is 0 Å². The standard InChI is InChI=1S/C10H16ClNO3/c1-14-7-5-12(4-6-13)8-9-2-3-10(11)15-9/h2-3,13H,4-8H2,1H3. The van der Waals surface area contributed by atoms with Crippen LogP contribution in [0.4, 0.5) is 0 Å². The van der Waals surface area contributed by atoms with Crippen molar-refractivity contribution in [1.82, 2.24) is 4.90 Å². The van der Waals surface area contributed by atoms with Gasteiger partial charge in [0.2, 0.25) is 0 Å². The number of nitrogens with zero attached hydrogens (tertiary/aromatic N) is 1. The molecule has 1 N–H and O–H groups in total. The lowest BCUT2D eigenvalue weighted by Gasteiger charge is -2.19. The molecule has 0 saturated carbocycles. The van der Waals surface area contributed by atoms with E-state index in [1.807, 2.05) is 11.0 Å². The molecule has 1 heterocycles. The van der Waals surface area contributed by atoms with Crippen molar-refractivity contribution in [2.24, 2.45) is 0 Å². The van der Waals surface area contributed by atoms with Gasteiger partial charge in [0.05, 0.1) is 19.8 Å². The van der Waals surface area contributed by atoms with Gasteiger partial charge in [-0.2, -0.15) is 0 Å². The molecule has 0 aliphatic heterocycles. The van der Waals surface area contributed by atoms with Gasteiger partial charge in [-0.25, -0.2) is 0 Å². The largest absolute Gasteiger partial charge is 0.448 e. The highest BCUT2D eigenvalue weighted by Gasteiger charge is 2.07. The third-order valence-electron chi connectivity index (χ3n) is 2.04. The highest BCUT2D eigenvalue weighted by Crippen LogP contribution is 2.14. The summed E-state index contributed by atoms with van der Waals surface area (Å²) >= 11 is 5.67. The Morgan fingerprint density at radius 1 is 1.47 bits per heavy atom. The van der Waals surface area contributed by atoms with Gasteiger partial charge >= 0.3 is 0 Å². The van der Waals surface area contributed by atoms with Crippen LogP contribution >= 0.6 is 11.6 Å². The maximum absolute atomic E-state index is 8.88. The predicted octanol–water partition coefficient (Wildman–Crippen LogP) is 1.37. The van der Waals surface area contributed by atoms with Crippen molar-refractivity contribution >= 4 is 11.6 Å². The number of methoxy groups -OCH3 is 1. The summed E-state index contributed by atoms with van der Waals surface area (Å²) in [5, 5.41) is 9.27. The maximum Gasteiger partial charge on any atom is 0.193 e. The first-order valence-corrected chi connectivity index (χ1v) is 5.20. The van der Waals surface area contributed by atoms with Gasteiger partial charge in [0.25, 0.3) is 0 Å². The summed E-state index contributed by atoms with van der Waals surface area (Å²) in [6, 6.07) is 3.55. The summed E-state index contributed by atoms with van der Waals surface area (Å²) in [5.41, 5.74) is 0. The van der Waals surface area contributed by atoms with E-state index in [4.69, 9.17) is 25.9 Å². The van der Waals surface area contributed by atoms with Crippen molar-refractivity contribution in [3.8, 4) is 0 Å². The van der Waals surface area contributed by atoms with Crippen molar-refractivity contribution in [2.75, 3.05) is 33.4 Å². The second kappa shape index (κ2) is 6.85. The molecule has 5 heteroatoms.